The smallest absolute Gasteiger partial charge is 0.0408 e. The fraction of sp³-hybridized carbons (Fsp3) is 0.400. The number of rotatable bonds is 2. The fourth-order valence-electron chi connectivity index (χ4n) is 1.14. The number of hydrogen-bond donors (Lipinski definition) is 1. The van der Waals surface area contributed by atoms with Gasteiger partial charge in [-0.1, -0.05) is 37.6 Å². The Bertz CT molecular complexity index is 233. The molecule has 0 aliphatic heterocycles. The number of hydrogen-bond acceptors (Lipinski definition) is 1. The Morgan fingerprint density at radius 2 is 2.00 bits per heavy atom. The van der Waals surface area contributed by atoms with Gasteiger partial charge < -0.3 is 6.15 Å². The minimum Gasteiger partial charge on any atom is -0.344 e. The Labute approximate surface area is 79.3 Å². The zero-order chi connectivity index (χ0) is 8.27. The molecule has 0 spiro atoms. The summed E-state index contributed by atoms with van der Waals surface area (Å²) < 4.78 is 0. The number of benzene rings is 1. The van der Waals surface area contributed by atoms with E-state index in [0.29, 0.717) is 5.92 Å². The predicted octanol–water partition coefficient (Wildman–Crippen LogP) is 3.70. The van der Waals surface area contributed by atoms with E-state index in [9.17, 15) is 0 Å². The van der Waals surface area contributed by atoms with Crippen molar-refractivity contribution in [2.45, 2.75) is 20.3 Å². The number of halogens is 1. The summed E-state index contributed by atoms with van der Waals surface area (Å²) in [4.78, 5) is 0. The van der Waals surface area contributed by atoms with E-state index in [2.05, 4.69) is 19.9 Å². The van der Waals surface area contributed by atoms with Gasteiger partial charge in [0, 0.05) is 5.02 Å². The second kappa shape index (κ2) is 5.18. The first-order valence-electron chi connectivity index (χ1n) is 3.93. The Kier molecular flexibility index (Phi) is 4.95. The molecule has 0 amide bonds. The Balaban J connectivity index is 0.00000121. The van der Waals surface area contributed by atoms with Crippen molar-refractivity contribution in [2.24, 2.45) is 5.92 Å². The Morgan fingerprint density at radius 3 is 2.50 bits per heavy atom. The topological polar surface area (TPSA) is 35.0 Å². The van der Waals surface area contributed by atoms with Crippen molar-refractivity contribution in [3.05, 3.63) is 34.9 Å². The van der Waals surface area contributed by atoms with Crippen LogP contribution < -0.4 is 6.15 Å². The molecule has 3 N–H and O–H groups in total. The fourth-order valence-corrected chi connectivity index (χ4v) is 1.35. The van der Waals surface area contributed by atoms with Crippen molar-refractivity contribution < 1.29 is 0 Å². The highest BCUT2D eigenvalue weighted by Crippen LogP contribution is 2.13. The lowest BCUT2D eigenvalue weighted by Gasteiger charge is -2.03. The van der Waals surface area contributed by atoms with Crippen LogP contribution in [-0.4, -0.2) is 0 Å². The van der Waals surface area contributed by atoms with E-state index in [4.69, 9.17) is 11.6 Å². The van der Waals surface area contributed by atoms with Crippen molar-refractivity contribution >= 4 is 11.6 Å². The maximum Gasteiger partial charge on any atom is 0.0408 e. The van der Waals surface area contributed by atoms with Gasteiger partial charge in [-0.2, -0.15) is 0 Å². The summed E-state index contributed by atoms with van der Waals surface area (Å²) in [7, 11) is 0. The molecule has 0 radical (unpaired) electrons. The molecule has 1 rings (SSSR count). The lowest BCUT2D eigenvalue weighted by atomic mass is 10.0. The van der Waals surface area contributed by atoms with Crippen molar-refractivity contribution in [3.8, 4) is 0 Å². The minimum atomic E-state index is 0. The van der Waals surface area contributed by atoms with Crippen LogP contribution in [0.2, 0.25) is 5.02 Å². The molecule has 0 aliphatic rings. The van der Waals surface area contributed by atoms with Gasteiger partial charge in [-0.05, 0) is 30.0 Å². The lowest BCUT2D eigenvalue weighted by molar-refractivity contribution is 0.647. The molecule has 0 aliphatic carbocycles. The third kappa shape index (κ3) is 3.74. The first-order valence-corrected chi connectivity index (χ1v) is 4.30. The van der Waals surface area contributed by atoms with Crippen LogP contribution in [0, 0.1) is 5.92 Å². The minimum absolute atomic E-state index is 0. The maximum atomic E-state index is 5.83. The summed E-state index contributed by atoms with van der Waals surface area (Å²) in [5.41, 5.74) is 1.33. The molecule has 1 aromatic rings. The molecular weight excluding hydrogens is 170 g/mol. The Morgan fingerprint density at radius 1 is 1.33 bits per heavy atom. The van der Waals surface area contributed by atoms with Crippen molar-refractivity contribution in [3.63, 3.8) is 0 Å². The van der Waals surface area contributed by atoms with E-state index < -0.39 is 0 Å². The SMILES string of the molecule is CC(C)Cc1cccc(Cl)c1.N. The highest BCUT2D eigenvalue weighted by Gasteiger charge is 1.96. The molecule has 1 aromatic carbocycles. The molecule has 0 aromatic heterocycles. The van der Waals surface area contributed by atoms with Gasteiger partial charge in [0.15, 0.2) is 0 Å². The molecular formula is C10H16ClN. The van der Waals surface area contributed by atoms with Gasteiger partial charge in [-0.3, -0.25) is 0 Å². The molecule has 0 fully saturated rings. The molecule has 0 heterocycles. The molecule has 12 heavy (non-hydrogen) atoms. The van der Waals surface area contributed by atoms with E-state index in [1.54, 1.807) is 0 Å². The zero-order valence-electron chi connectivity index (χ0n) is 7.68. The van der Waals surface area contributed by atoms with Crippen molar-refractivity contribution in [1.82, 2.24) is 6.15 Å². The van der Waals surface area contributed by atoms with E-state index >= 15 is 0 Å². The van der Waals surface area contributed by atoms with Crippen LogP contribution in [-0.2, 0) is 6.42 Å². The van der Waals surface area contributed by atoms with Gasteiger partial charge in [0.05, 0.1) is 0 Å². The van der Waals surface area contributed by atoms with Crippen molar-refractivity contribution in [1.29, 1.82) is 0 Å². The molecule has 0 unspecified atom stereocenters. The molecule has 0 saturated carbocycles. The van der Waals surface area contributed by atoms with Crippen LogP contribution in [0.4, 0.5) is 0 Å². The summed E-state index contributed by atoms with van der Waals surface area (Å²) in [6.07, 6.45) is 1.11. The van der Waals surface area contributed by atoms with E-state index in [-0.39, 0.29) is 6.15 Å². The average molecular weight is 186 g/mol. The summed E-state index contributed by atoms with van der Waals surface area (Å²) >= 11 is 5.83. The monoisotopic (exact) mass is 185 g/mol. The van der Waals surface area contributed by atoms with Gasteiger partial charge in [-0.25, -0.2) is 0 Å². The second-order valence-corrected chi connectivity index (χ2v) is 3.66. The molecule has 68 valence electrons. The van der Waals surface area contributed by atoms with Crippen LogP contribution in [0.15, 0.2) is 24.3 Å². The molecule has 1 nitrogen and oxygen atoms in total. The van der Waals surface area contributed by atoms with Crippen LogP contribution in [0.5, 0.6) is 0 Å². The maximum absolute atomic E-state index is 5.83. The normalized spacial score (nSPS) is 9.67. The van der Waals surface area contributed by atoms with E-state index in [0.717, 1.165) is 11.4 Å². The molecule has 0 saturated heterocycles. The largest absolute Gasteiger partial charge is 0.344 e. The third-order valence-electron chi connectivity index (χ3n) is 1.53. The lowest BCUT2D eigenvalue weighted by Crippen LogP contribution is -1.92. The van der Waals surface area contributed by atoms with Crippen LogP contribution in [0.25, 0.3) is 0 Å². The van der Waals surface area contributed by atoms with Crippen LogP contribution in [0.3, 0.4) is 0 Å². The van der Waals surface area contributed by atoms with E-state index in [1.807, 2.05) is 18.2 Å². The second-order valence-electron chi connectivity index (χ2n) is 3.23. The molecule has 2 heteroatoms. The quantitative estimate of drug-likeness (QED) is 0.749. The molecule has 0 atom stereocenters. The standard InChI is InChI=1S/C10H13Cl.H3N/c1-8(2)6-9-4-3-5-10(11)7-9;/h3-5,7-8H,6H2,1-2H3;1H3. The van der Waals surface area contributed by atoms with Gasteiger partial charge in [0.2, 0.25) is 0 Å². The average Bonchev–Trinajstić information content (AvgIpc) is 1.85. The van der Waals surface area contributed by atoms with Gasteiger partial charge in [0.1, 0.15) is 0 Å². The van der Waals surface area contributed by atoms with E-state index in [1.165, 1.54) is 5.56 Å². The van der Waals surface area contributed by atoms with Crippen LogP contribution >= 0.6 is 11.6 Å². The van der Waals surface area contributed by atoms with Gasteiger partial charge in [-0.15, -0.1) is 0 Å². The highest BCUT2D eigenvalue weighted by molar-refractivity contribution is 6.30. The van der Waals surface area contributed by atoms with Crippen LogP contribution in [0.1, 0.15) is 19.4 Å². The highest BCUT2D eigenvalue weighted by atomic mass is 35.5. The van der Waals surface area contributed by atoms with Gasteiger partial charge >= 0.3 is 0 Å². The summed E-state index contributed by atoms with van der Waals surface area (Å²) in [5.74, 6) is 0.702. The predicted molar refractivity (Wildman–Crippen MR) is 55.0 cm³/mol. The first kappa shape index (κ1) is 11.5. The zero-order valence-corrected chi connectivity index (χ0v) is 8.43. The van der Waals surface area contributed by atoms with Crippen molar-refractivity contribution in [2.75, 3.05) is 0 Å². The summed E-state index contributed by atoms with van der Waals surface area (Å²) in [6, 6.07) is 8.05. The first-order chi connectivity index (χ1) is 5.18. The summed E-state index contributed by atoms with van der Waals surface area (Å²) in [5, 5.41) is 0.836. The molecule has 0 bridgehead atoms. The summed E-state index contributed by atoms with van der Waals surface area (Å²) in [6.45, 7) is 4.42. The Hall–Kier alpha value is -0.530. The third-order valence-corrected chi connectivity index (χ3v) is 1.77. The van der Waals surface area contributed by atoms with Gasteiger partial charge in [0.25, 0.3) is 0 Å².